The largest absolute Gasteiger partial charge is 0.444 e. The summed E-state index contributed by atoms with van der Waals surface area (Å²) in [6.07, 6.45) is -0.315. The van der Waals surface area contributed by atoms with Gasteiger partial charge in [0.2, 0.25) is 0 Å². The SMILES string of the molecule is Cc1csc(C2(CN3C(=O)c4ccccc4C3=O)[C@@H]3CN(C(=O)OC(C)(C)C)C[C@@H]32)n1. The Balaban J connectivity index is 1.41. The van der Waals surface area contributed by atoms with Crippen LogP contribution in [-0.4, -0.2) is 57.9 Å². The molecular formula is C23H25N3O4S. The number of likely N-dealkylation sites (tertiary alicyclic amines) is 1. The number of ether oxygens (including phenoxy) is 1. The first-order chi connectivity index (χ1) is 14.6. The van der Waals surface area contributed by atoms with E-state index in [0.717, 1.165) is 10.7 Å². The van der Waals surface area contributed by atoms with E-state index in [0.29, 0.717) is 30.8 Å². The fourth-order valence-electron chi connectivity index (χ4n) is 5.04. The van der Waals surface area contributed by atoms with Crippen molar-refractivity contribution in [3.05, 3.63) is 51.5 Å². The summed E-state index contributed by atoms with van der Waals surface area (Å²) in [6, 6.07) is 6.96. The zero-order valence-corrected chi connectivity index (χ0v) is 18.9. The Labute approximate surface area is 185 Å². The van der Waals surface area contributed by atoms with Crippen molar-refractivity contribution in [3.8, 4) is 0 Å². The summed E-state index contributed by atoms with van der Waals surface area (Å²) in [4.78, 5) is 46.4. The first-order valence-corrected chi connectivity index (χ1v) is 11.4. The highest BCUT2D eigenvalue weighted by Gasteiger charge is 2.72. The number of carbonyl (C=O) groups excluding carboxylic acids is 3. The topological polar surface area (TPSA) is 79.8 Å². The number of fused-ring (bicyclic) bond motifs is 2. The number of aryl methyl sites for hydroxylation is 1. The number of imide groups is 1. The highest BCUT2D eigenvalue weighted by atomic mass is 32.1. The van der Waals surface area contributed by atoms with Gasteiger partial charge in [-0.05, 0) is 51.7 Å². The molecule has 1 aromatic carbocycles. The lowest BCUT2D eigenvalue weighted by atomic mass is 9.99. The molecule has 3 heterocycles. The number of hydrogen-bond acceptors (Lipinski definition) is 6. The summed E-state index contributed by atoms with van der Waals surface area (Å²) in [7, 11) is 0. The van der Waals surface area contributed by atoms with Gasteiger partial charge in [-0.2, -0.15) is 0 Å². The molecule has 162 valence electrons. The molecule has 1 aliphatic carbocycles. The molecule has 3 amide bonds. The number of aromatic nitrogens is 1. The van der Waals surface area contributed by atoms with Crippen LogP contribution in [0.3, 0.4) is 0 Å². The molecule has 0 spiro atoms. The summed E-state index contributed by atoms with van der Waals surface area (Å²) < 4.78 is 5.53. The van der Waals surface area contributed by atoms with Crippen LogP contribution < -0.4 is 0 Å². The van der Waals surface area contributed by atoms with Crippen LogP contribution in [-0.2, 0) is 10.2 Å². The predicted molar refractivity (Wildman–Crippen MR) is 115 cm³/mol. The van der Waals surface area contributed by atoms with Gasteiger partial charge in [0.15, 0.2) is 0 Å². The van der Waals surface area contributed by atoms with Crippen molar-refractivity contribution < 1.29 is 19.1 Å². The van der Waals surface area contributed by atoms with Gasteiger partial charge in [-0.1, -0.05) is 12.1 Å². The molecule has 8 heteroatoms. The van der Waals surface area contributed by atoms with Gasteiger partial charge in [0, 0.05) is 30.7 Å². The molecule has 0 bridgehead atoms. The predicted octanol–water partition coefficient (Wildman–Crippen LogP) is 3.48. The maximum atomic E-state index is 13.0. The number of nitrogens with zero attached hydrogens (tertiary/aromatic N) is 3. The molecule has 3 aliphatic rings. The zero-order valence-electron chi connectivity index (χ0n) is 18.0. The molecule has 5 rings (SSSR count). The second-order valence-electron chi connectivity index (χ2n) is 9.67. The summed E-state index contributed by atoms with van der Waals surface area (Å²) in [5.74, 6) is -0.200. The van der Waals surface area contributed by atoms with E-state index in [9.17, 15) is 14.4 Å². The minimum atomic E-state index is -0.548. The second kappa shape index (κ2) is 6.63. The Bertz CT molecular complexity index is 1060. The van der Waals surface area contributed by atoms with Crippen LogP contribution in [0, 0.1) is 18.8 Å². The van der Waals surface area contributed by atoms with Crippen LogP contribution in [0.2, 0.25) is 0 Å². The second-order valence-corrected chi connectivity index (χ2v) is 10.5. The molecule has 2 aliphatic heterocycles. The molecule has 3 atom stereocenters. The third kappa shape index (κ3) is 3.07. The molecule has 1 saturated heterocycles. The summed E-state index contributed by atoms with van der Waals surface area (Å²) in [6.45, 7) is 8.89. The Kier molecular flexibility index (Phi) is 4.31. The Morgan fingerprint density at radius 2 is 1.74 bits per heavy atom. The highest BCUT2D eigenvalue weighted by Crippen LogP contribution is 2.64. The maximum Gasteiger partial charge on any atom is 0.410 e. The minimum Gasteiger partial charge on any atom is -0.444 e. The van der Waals surface area contributed by atoms with E-state index >= 15 is 0 Å². The minimum absolute atomic E-state index is 0.148. The van der Waals surface area contributed by atoms with Gasteiger partial charge in [-0.25, -0.2) is 9.78 Å². The maximum absolute atomic E-state index is 13.0. The Hall–Kier alpha value is -2.74. The average molecular weight is 440 g/mol. The lowest BCUT2D eigenvalue weighted by Crippen LogP contribution is -2.44. The molecule has 1 aromatic heterocycles. The Morgan fingerprint density at radius 3 is 2.23 bits per heavy atom. The van der Waals surface area contributed by atoms with Gasteiger partial charge >= 0.3 is 6.09 Å². The number of hydrogen-bond donors (Lipinski definition) is 0. The number of thiazole rings is 1. The van der Waals surface area contributed by atoms with Crippen molar-refractivity contribution >= 4 is 29.2 Å². The monoisotopic (exact) mass is 439 g/mol. The van der Waals surface area contributed by atoms with Crippen LogP contribution in [0.4, 0.5) is 4.79 Å². The van der Waals surface area contributed by atoms with Gasteiger partial charge in [0.05, 0.1) is 16.5 Å². The first kappa shape index (κ1) is 20.2. The highest BCUT2D eigenvalue weighted by molar-refractivity contribution is 7.09. The van der Waals surface area contributed by atoms with Crippen molar-refractivity contribution in [2.45, 2.75) is 38.7 Å². The quantitative estimate of drug-likeness (QED) is 0.684. The molecule has 0 N–H and O–H groups in total. The number of amides is 3. The standard InChI is InChI=1S/C23H25N3O4S/c1-13-11-31-20(24-13)23(12-26-18(27)14-7-5-6-8-15(14)19(26)28)16-9-25(10-17(16)23)21(29)30-22(2,3)4/h5-8,11,16-17H,9-10,12H2,1-4H3/t16-,17+,23?. The van der Waals surface area contributed by atoms with Crippen molar-refractivity contribution in [1.29, 1.82) is 0 Å². The van der Waals surface area contributed by atoms with Gasteiger partial charge in [-0.15, -0.1) is 11.3 Å². The normalized spacial score (nSPS) is 26.8. The van der Waals surface area contributed by atoms with Crippen molar-refractivity contribution in [3.63, 3.8) is 0 Å². The number of piperidine rings is 1. The van der Waals surface area contributed by atoms with Crippen LogP contribution >= 0.6 is 11.3 Å². The van der Waals surface area contributed by atoms with Crippen LogP contribution in [0.15, 0.2) is 29.6 Å². The van der Waals surface area contributed by atoms with Crippen LogP contribution in [0.25, 0.3) is 0 Å². The van der Waals surface area contributed by atoms with Crippen molar-refractivity contribution in [2.24, 2.45) is 11.8 Å². The molecule has 31 heavy (non-hydrogen) atoms. The smallest absolute Gasteiger partial charge is 0.410 e. The fraction of sp³-hybridized carbons (Fsp3) is 0.478. The first-order valence-electron chi connectivity index (χ1n) is 10.5. The fourth-order valence-corrected chi connectivity index (χ4v) is 6.16. The third-order valence-electron chi connectivity index (χ3n) is 6.50. The Morgan fingerprint density at radius 1 is 1.16 bits per heavy atom. The van der Waals surface area contributed by atoms with Gasteiger partial charge < -0.3 is 9.64 Å². The molecule has 2 aromatic rings. The molecule has 2 fully saturated rings. The van der Waals surface area contributed by atoms with E-state index in [-0.39, 0.29) is 29.7 Å². The van der Waals surface area contributed by atoms with E-state index in [4.69, 9.17) is 9.72 Å². The third-order valence-corrected chi connectivity index (χ3v) is 7.65. The summed E-state index contributed by atoms with van der Waals surface area (Å²) >= 11 is 1.57. The lowest BCUT2D eigenvalue weighted by molar-refractivity contribution is 0.0252. The van der Waals surface area contributed by atoms with E-state index in [1.54, 1.807) is 40.5 Å². The van der Waals surface area contributed by atoms with Gasteiger partial charge in [0.25, 0.3) is 11.8 Å². The summed E-state index contributed by atoms with van der Waals surface area (Å²) in [5.41, 5.74) is 0.896. The van der Waals surface area contributed by atoms with Crippen molar-refractivity contribution in [2.75, 3.05) is 19.6 Å². The zero-order chi connectivity index (χ0) is 22.1. The van der Waals surface area contributed by atoms with E-state index in [1.165, 1.54) is 4.90 Å². The molecular weight excluding hydrogens is 414 g/mol. The number of rotatable bonds is 3. The molecule has 0 radical (unpaired) electrons. The molecule has 7 nitrogen and oxygen atoms in total. The van der Waals surface area contributed by atoms with Crippen LogP contribution in [0.5, 0.6) is 0 Å². The van der Waals surface area contributed by atoms with E-state index < -0.39 is 11.0 Å². The summed E-state index contributed by atoms with van der Waals surface area (Å²) in [5, 5.41) is 2.94. The van der Waals surface area contributed by atoms with E-state index in [1.807, 2.05) is 33.1 Å². The molecule has 1 unspecified atom stereocenters. The number of carbonyl (C=O) groups is 3. The van der Waals surface area contributed by atoms with Crippen LogP contribution in [0.1, 0.15) is 52.2 Å². The van der Waals surface area contributed by atoms with Crippen molar-refractivity contribution in [1.82, 2.24) is 14.8 Å². The molecule has 1 saturated carbocycles. The van der Waals surface area contributed by atoms with Gasteiger partial charge in [0.1, 0.15) is 10.6 Å². The number of benzene rings is 1. The lowest BCUT2D eigenvalue weighted by Gasteiger charge is -2.30. The van der Waals surface area contributed by atoms with Gasteiger partial charge in [-0.3, -0.25) is 14.5 Å². The average Bonchev–Trinajstić information content (AvgIpc) is 3.12. The van der Waals surface area contributed by atoms with E-state index in [2.05, 4.69) is 0 Å².